The molecule has 1 saturated heterocycles. The summed E-state index contributed by atoms with van der Waals surface area (Å²) in [7, 11) is 0. The van der Waals surface area contributed by atoms with E-state index < -0.39 is 23.9 Å². The van der Waals surface area contributed by atoms with Gasteiger partial charge in [-0.25, -0.2) is 14.2 Å². The Morgan fingerprint density at radius 2 is 2.20 bits per heavy atom. The summed E-state index contributed by atoms with van der Waals surface area (Å²) < 4.78 is 13.1. The van der Waals surface area contributed by atoms with Gasteiger partial charge in [0.1, 0.15) is 16.5 Å². The van der Waals surface area contributed by atoms with Crippen LogP contribution in [0.3, 0.4) is 0 Å². The largest absolute Gasteiger partial charge is 0.465 e. The Morgan fingerprint density at radius 3 is 2.85 bits per heavy atom. The van der Waals surface area contributed by atoms with E-state index in [-0.39, 0.29) is 22.4 Å². The number of likely N-dealkylation sites (tertiary alicyclic amines) is 1. The number of fused-ring (bicyclic) bond motifs is 1. The van der Waals surface area contributed by atoms with Gasteiger partial charge >= 0.3 is 6.09 Å². The first-order chi connectivity index (χ1) is 9.47. The quantitative estimate of drug-likeness (QED) is 0.805. The van der Waals surface area contributed by atoms with Crippen molar-refractivity contribution >= 4 is 33.7 Å². The number of carbonyl (C=O) groups excluding carboxylic acids is 1. The van der Waals surface area contributed by atoms with Gasteiger partial charge in [-0.2, -0.15) is 0 Å². The number of nitrogens with zero attached hydrogens (tertiary/aromatic N) is 2. The molecule has 6 nitrogen and oxygen atoms in total. The maximum Gasteiger partial charge on any atom is 0.408 e. The van der Waals surface area contributed by atoms with Gasteiger partial charge in [0.25, 0.3) is 0 Å². The normalized spacial score (nSPS) is 27.1. The number of rotatable bonds is 2. The third-order valence-electron chi connectivity index (χ3n) is 3.68. The molecule has 1 saturated carbocycles. The molecule has 2 N–H and O–H groups in total. The lowest BCUT2D eigenvalue weighted by Crippen LogP contribution is -2.44. The molecule has 0 spiro atoms. The lowest BCUT2D eigenvalue weighted by Gasteiger charge is -2.23. The predicted molar refractivity (Wildman–Crippen MR) is 70.7 cm³/mol. The summed E-state index contributed by atoms with van der Waals surface area (Å²) in [5.74, 6) is -0.480. The van der Waals surface area contributed by atoms with E-state index in [1.807, 2.05) is 0 Å². The van der Waals surface area contributed by atoms with Crippen LogP contribution in [-0.4, -0.2) is 39.1 Å². The predicted octanol–water partition coefficient (Wildman–Crippen LogP) is 2.06. The van der Waals surface area contributed by atoms with Gasteiger partial charge in [0.05, 0.1) is 0 Å². The van der Waals surface area contributed by atoms with Gasteiger partial charge in [-0.3, -0.25) is 9.69 Å². The van der Waals surface area contributed by atoms with Crippen LogP contribution in [0.15, 0.2) is 16.7 Å². The number of hydrogen-bond acceptors (Lipinski definition) is 3. The molecule has 1 aliphatic heterocycles. The Bertz CT molecular complexity index is 597. The van der Waals surface area contributed by atoms with Crippen molar-refractivity contribution in [3.05, 3.63) is 22.6 Å². The third-order valence-corrected chi connectivity index (χ3v) is 4.24. The first-order valence-corrected chi connectivity index (χ1v) is 6.91. The molecule has 0 aromatic carbocycles. The highest BCUT2D eigenvalue weighted by Gasteiger charge is 2.56. The highest BCUT2D eigenvalue weighted by molar-refractivity contribution is 9.10. The molecule has 3 atom stereocenters. The van der Waals surface area contributed by atoms with Crippen molar-refractivity contribution in [1.82, 2.24) is 9.88 Å². The monoisotopic (exact) mass is 343 g/mol. The minimum Gasteiger partial charge on any atom is -0.465 e. The fourth-order valence-electron chi connectivity index (χ4n) is 2.66. The lowest BCUT2D eigenvalue weighted by atomic mass is 10.1. The van der Waals surface area contributed by atoms with E-state index in [2.05, 4.69) is 26.2 Å². The summed E-state index contributed by atoms with van der Waals surface area (Å²) in [6.45, 7) is 0. The van der Waals surface area contributed by atoms with Gasteiger partial charge in [-0.05, 0) is 46.8 Å². The van der Waals surface area contributed by atoms with Crippen molar-refractivity contribution in [1.29, 1.82) is 0 Å². The molecule has 1 unspecified atom stereocenters. The van der Waals surface area contributed by atoms with Crippen LogP contribution in [0, 0.1) is 11.7 Å². The van der Waals surface area contributed by atoms with Crippen LogP contribution in [-0.2, 0) is 4.79 Å². The Hall–Kier alpha value is -1.70. The van der Waals surface area contributed by atoms with Gasteiger partial charge < -0.3 is 10.4 Å². The fourth-order valence-corrected chi connectivity index (χ4v) is 2.99. The molecule has 3 rings (SSSR count). The molecule has 1 aromatic rings. The molecular weight excluding hydrogens is 333 g/mol. The molecule has 0 bridgehead atoms. The first kappa shape index (κ1) is 13.3. The SMILES string of the molecule is O=C(Nc1ccc(F)c(Br)n1)C1C[C@H]2C[C@@H]2N1C(=O)O. The number of carboxylic acid groups (broad SMARTS) is 1. The highest BCUT2D eigenvalue weighted by atomic mass is 79.9. The van der Waals surface area contributed by atoms with Gasteiger partial charge in [0.2, 0.25) is 5.91 Å². The minimum absolute atomic E-state index is 0.000315. The average Bonchev–Trinajstić information content (AvgIpc) is 3.03. The van der Waals surface area contributed by atoms with E-state index in [0.717, 1.165) is 6.42 Å². The second-order valence-corrected chi connectivity index (χ2v) is 5.71. The van der Waals surface area contributed by atoms with E-state index in [1.54, 1.807) is 0 Å². The molecule has 20 heavy (non-hydrogen) atoms. The standard InChI is InChI=1S/C12H11BrFN3O3/c13-10-6(14)1-2-9(15-10)16-11(18)8-4-5-3-7(5)17(8)12(19)20/h1-2,5,7-8H,3-4H2,(H,19,20)(H,15,16,18)/t5-,7+,8?/m1/s1. The van der Waals surface area contributed by atoms with Crippen LogP contribution in [0.25, 0.3) is 0 Å². The number of piperidine rings is 1. The van der Waals surface area contributed by atoms with E-state index in [4.69, 9.17) is 5.11 Å². The van der Waals surface area contributed by atoms with Crippen molar-refractivity contribution in [2.75, 3.05) is 5.32 Å². The van der Waals surface area contributed by atoms with Crippen molar-refractivity contribution in [2.24, 2.45) is 5.92 Å². The number of nitrogens with one attached hydrogen (secondary N) is 1. The number of halogens is 2. The number of carbonyl (C=O) groups is 2. The van der Waals surface area contributed by atoms with Gasteiger partial charge in [-0.15, -0.1) is 0 Å². The molecule has 1 aromatic heterocycles. The van der Waals surface area contributed by atoms with Crippen LogP contribution in [0.5, 0.6) is 0 Å². The van der Waals surface area contributed by atoms with Gasteiger partial charge in [0.15, 0.2) is 5.82 Å². The summed E-state index contributed by atoms with van der Waals surface area (Å²) in [4.78, 5) is 28.3. The molecule has 106 valence electrons. The lowest BCUT2D eigenvalue weighted by molar-refractivity contribution is -0.120. The highest BCUT2D eigenvalue weighted by Crippen LogP contribution is 2.47. The topological polar surface area (TPSA) is 82.5 Å². The van der Waals surface area contributed by atoms with E-state index in [0.29, 0.717) is 6.42 Å². The summed E-state index contributed by atoms with van der Waals surface area (Å²) in [5.41, 5.74) is 0. The summed E-state index contributed by atoms with van der Waals surface area (Å²) in [6.07, 6.45) is 0.283. The van der Waals surface area contributed by atoms with E-state index in [1.165, 1.54) is 17.0 Å². The molecule has 2 amide bonds. The van der Waals surface area contributed by atoms with Crippen LogP contribution in [0.2, 0.25) is 0 Å². The zero-order valence-corrected chi connectivity index (χ0v) is 11.8. The van der Waals surface area contributed by atoms with Gasteiger partial charge in [0, 0.05) is 6.04 Å². The van der Waals surface area contributed by atoms with Crippen LogP contribution >= 0.6 is 15.9 Å². The third kappa shape index (κ3) is 2.24. The second kappa shape index (κ2) is 4.69. The summed E-state index contributed by atoms with van der Waals surface area (Å²) in [5, 5.41) is 11.7. The number of hydrogen-bond donors (Lipinski definition) is 2. The maximum absolute atomic E-state index is 13.1. The number of pyridine rings is 1. The Morgan fingerprint density at radius 1 is 1.45 bits per heavy atom. The summed E-state index contributed by atoms with van der Waals surface area (Å²) >= 11 is 2.93. The Balaban J connectivity index is 1.73. The second-order valence-electron chi connectivity index (χ2n) is 4.96. The van der Waals surface area contributed by atoms with Crippen molar-refractivity contribution in [3.63, 3.8) is 0 Å². The van der Waals surface area contributed by atoms with Crippen molar-refractivity contribution < 1.29 is 19.1 Å². The fraction of sp³-hybridized carbons (Fsp3) is 0.417. The van der Waals surface area contributed by atoms with Crippen molar-refractivity contribution in [2.45, 2.75) is 24.9 Å². The van der Waals surface area contributed by atoms with Crippen LogP contribution < -0.4 is 5.32 Å². The van der Waals surface area contributed by atoms with Crippen LogP contribution in [0.4, 0.5) is 15.0 Å². The first-order valence-electron chi connectivity index (χ1n) is 6.11. The Labute approximate surface area is 122 Å². The molecule has 8 heteroatoms. The zero-order valence-electron chi connectivity index (χ0n) is 10.2. The number of anilines is 1. The van der Waals surface area contributed by atoms with Crippen molar-refractivity contribution in [3.8, 4) is 0 Å². The molecule has 2 heterocycles. The smallest absolute Gasteiger partial charge is 0.408 e. The van der Waals surface area contributed by atoms with Crippen LogP contribution in [0.1, 0.15) is 12.8 Å². The molecule has 1 aliphatic carbocycles. The van der Waals surface area contributed by atoms with E-state index in [9.17, 15) is 14.0 Å². The van der Waals surface area contributed by atoms with E-state index >= 15 is 0 Å². The molecule has 2 fully saturated rings. The average molecular weight is 344 g/mol. The number of amides is 2. The van der Waals surface area contributed by atoms with Gasteiger partial charge in [-0.1, -0.05) is 0 Å². The molecule has 2 aliphatic rings. The summed E-state index contributed by atoms with van der Waals surface area (Å²) in [6, 6.07) is 1.78. The molecular formula is C12H11BrFN3O3. The maximum atomic E-state index is 13.1. The zero-order chi connectivity index (χ0) is 14.4. The minimum atomic E-state index is -1.08. The number of aromatic nitrogens is 1. The Kier molecular flexibility index (Phi) is 3.12. The molecule has 0 radical (unpaired) electrons.